The number of ketones is 1. The van der Waals surface area contributed by atoms with Crippen LogP contribution in [0.15, 0.2) is 22.4 Å². The molecule has 11 heteroatoms. The number of aliphatic hydroxyl groups is 1. The molecule has 1 amide bonds. The van der Waals surface area contributed by atoms with Gasteiger partial charge < -0.3 is 15.2 Å². The molecule has 0 spiro atoms. The largest absolute Gasteiger partial charge is 0.511 e. The van der Waals surface area contributed by atoms with Crippen molar-refractivity contribution in [3.63, 3.8) is 0 Å². The fourth-order valence-electron chi connectivity index (χ4n) is 3.77. The monoisotopic (exact) mass is 500 g/mol. The second-order valence-corrected chi connectivity index (χ2v) is 9.54. The number of nitrogens with zero attached hydrogens (tertiary/aromatic N) is 1. The Hall–Kier alpha value is -3.24. The van der Waals surface area contributed by atoms with Crippen LogP contribution in [0.3, 0.4) is 0 Å². The Morgan fingerprint density at radius 1 is 1.14 bits per heavy atom. The highest BCUT2D eigenvalue weighted by Gasteiger charge is 2.35. The Kier molecular flexibility index (Phi) is 8.80. The van der Waals surface area contributed by atoms with Gasteiger partial charge in [-0.15, -0.1) is 0 Å². The SMILES string of the molecule is COC(=O)[C@H](CN=C(CC(C)C)C1=C(O)CC(C)(C)CC1=O)NC(=O)c1c(F)c(F)cc(F)c1F. The molecule has 0 fully saturated rings. The van der Waals surface area contributed by atoms with Gasteiger partial charge in [-0.05, 0) is 17.8 Å². The van der Waals surface area contributed by atoms with Gasteiger partial charge in [-0.3, -0.25) is 14.6 Å². The predicted octanol–water partition coefficient (Wildman–Crippen LogP) is 4.20. The van der Waals surface area contributed by atoms with Crippen molar-refractivity contribution >= 4 is 23.4 Å². The second-order valence-electron chi connectivity index (χ2n) is 9.54. The molecular formula is C24H28F4N2O5. The number of hydrogen-bond acceptors (Lipinski definition) is 6. The van der Waals surface area contributed by atoms with Crippen LogP contribution in [0.1, 0.15) is 57.3 Å². The van der Waals surface area contributed by atoms with Gasteiger partial charge in [0.1, 0.15) is 17.4 Å². The zero-order valence-electron chi connectivity index (χ0n) is 20.1. The molecule has 7 nitrogen and oxygen atoms in total. The number of Topliss-reactive ketones (excluding diaryl/α,β-unsaturated/α-hetero) is 1. The Morgan fingerprint density at radius 2 is 1.71 bits per heavy atom. The molecule has 1 atom stereocenters. The average Bonchev–Trinajstić information content (AvgIpc) is 2.72. The van der Waals surface area contributed by atoms with E-state index in [1.54, 1.807) is 0 Å². The van der Waals surface area contributed by atoms with Crippen molar-refractivity contribution in [3.8, 4) is 0 Å². The molecule has 0 unspecified atom stereocenters. The molecule has 1 aliphatic carbocycles. The van der Waals surface area contributed by atoms with Crippen LogP contribution in [0.25, 0.3) is 0 Å². The Bertz CT molecular complexity index is 1070. The summed E-state index contributed by atoms with van der Waals surface area (Å²) in [5, 5.41) is 12.5. The summed E-state index contributed by atoms with van der Waals surface area (Å²) in [5.74, 6) is -10.6. The van der Waals surface area contributed by atoms with E-state index >= 15 is 0 Å². The molecule has 192 valence electrons. The van der Waals surface area contributed by atoms with Crippen LogP contribution in [0.5, 0.6) is 0 Å². The molecular weight excluding hydrogens is 472 g/mol. The number of esters is 1. The van der Waals surface area contributed by atoms with Crippen LogP contribution >= 0.6 is 0 Å². The number of amides is 1. The van der Waals surface area contributed by atoms with Gasteiger partial charge >= 0.3 is 5.97 Å². The number of hydrogen-bond donors (Lipinski definition) is 2. The Balaban J connectivity index is 2.42. The molecule has 2 rings (SSSR count). The number of methoxy groups -OCH3 is 1. The van der Waals surface area contributed by atoms with Crippen molar-refractivity contribution in [3.05, 3.63) is 46.2 Å². The first kappa shape index (κ1) is 28.0. The van der Waals surface area contributed by atoms with E-state index in [1.807, 2.05) is 33.0 Å². The van der Waals surface area contributed by atoms with Gasteiger partial charge in [0.25, 0.3) is 5.91 Å². The van der Waals surface area contributed by atoms with Crippen LogP contribution in [0.4, 0.5) is 17.6 Å². The number of nitrogens with one attached hydrogen (secondary N) is 1. The molecule has 0 radical (unpaired) electrons. The van der Waals surface area contributed by atoms with Crippen LogP contribution in [0, 0.1) is 34.6 Å². The molecule has 2 N–H and O–H groups in total. The first-order chi connectivity index (χ1) is 16.2. The third kappa shape index (κ3) is 6.67. The zero-order chi connectivity index (χ0) is 26.7. The fraction of sp³-hybridized carbons (Fsp3) is 0.500. The molecule has 1 aromatic carbocycles. The molecule has 1 aromatic rings. The van der Waals surface area contributed by atoms with Gasteiger partial charge in [0.05, 0.1) is 19.2 Å². The van der Waals surface area contributed by atoms with Crippen LogP contribution in [-0.4, -0.2) is 48.2 Å². The third-order valence-corrected chi connectivity index (χ3v) is 5.34. The lowest BCUT2D eigenvalue weighted by molar-refractivity contribution is -0.142. The summed E-state index contributed by atoms with van der Waals surface area (Å²) >= 11 is 0. The maximum atomic E-state index is 14.0. The van der Waals surface area contributed by atoms with E-state index in [1.165, 1.54) is 0 Å². The van der Waals surface area contributed by atoms with Gasteiger partial charge in [0.15, 0.2) is 29.1 Å². The molecule has 0 saturated carbocycles. The van der Waals surface area contributed by atoms with E-state index in [2.05, 4.69) is 9.73 Å². The van der Waals surface area contributed by atoms with E-state index in [0.717, 1.165) is 7.11 Å². The van der Waals surface area contributed by atoms with E-state index in [-0.39, 0.29) is 54.1 Å². The van der Waals surface area contributed by atoms with Crippen LogP contribution < -0.4 is 5.32 Å². The van der Waals surface area contributed by atoms with Gasteiger partial charge in [-0.1, -0.05) is 27.7 Å². The number of benzene rings is 1. The van der Waals surface area contributed by atoms with E-state index in [0.29, 0.717) is 0 Å². The fourth-order valence-corrected chi connectivity index (χ4v) is 3.77. The number of aliphatic hydroxyl groups excluding tert-OH is 1. The zero-order valence-corrected chi connectivity index (χ0v) is 20.1. The first-order valence-electron chi connectivity index (χ1n) is 10.9. The highest BCUT2D eigenvalue weighted by Crippen LogP contribution is 2.36. The van der Waals surface area contributed by atoms with Crippen LogP contribution in [-0.2, 0) is 14.3 Å². The maximum absolute atomic E-state index is 14.0. The first-order valence-corrected chi connectivity index (χ1v) is 10.9. The number of aliphatic imine (C=N–C) groups is 1. The average molecular weight is 500 g/mol. The number of allylic oxidation sites excluding steroid dienone is 2. The third-order valence-electron chi connectivity index (χ3n) is 5.34. The highest BCUT2D eigenvalue weighted by atomic mass is 19.2. The lowest BCUT2D eigenvalue weighted by Gasteiger charge is -2.30. The standard InChI is InChI=1S/C24H28F4N2O5/c1-11(2)6-14(18-16(31)8-24(3,4)9-17(18)32)29-10-15(23(34)35-5)30-22(33)19-20(27)12(25)7-13(26)21(19)28/h7,11,15,31H,6,8-10H2,1-5H3,(H,30,33)/t15-/m0/s1. The summed E-state index contributed by atoms with van der Waals surface area (Å²) in [4.78, 5) is 41.7. The van der Waals surface area contributed by atoms with Gasteiger partial charge in [-0.25, -0.2) is 22.4 Å². The predicted molar refractivity (Wildman–Crippen MR) is 119 cm³/mol. The summed E-state index contributed by atoms with van der Waals surface area (Å²) in [6.45, 7) is 6.80. The normalized spacial score (nSPS) is 17.0. The van der Waals surface area contributed by atoms with Crippen LogP contribution in [0.2, 0.25) is 0 Å². The Labute approximate surface area is 200 Å². The smallest absolute Gasteiger partial charge is 0.330 e. The van der Waals surface area contributed by atoms with Crippen molar-refractivity contribution < 1.29 is 41.8 Å². The van der Waals surface area contributed by atoms with E-state index < -0.39 is 58.7 Å². The van der Waals surface area contributed by atoms with Crippen molar-refractivity contribution in [2.24, 2.45) is 16.3 Å². The minimum Gasteiger partial charge on any atom is -0.511 e. The number of halogens is 4. The van der Waals surface area contributed by atoms with Gasteiger partial charge in [-0.2, -0.15) is 0 Å². The van der Waals surface area contributed by atoms with Crippen molar-refractivity contribution in [1.29, 1.82) is 0 Å². The molecule has 35 heavy (non-hydrogen) atoms. The molecule has 0 saturated heterocycles. The summed E-state index contributed by atoms with van der Waals surface area (Å²) in [6.07, 6.45) is 0.627. The topological polar surface area (TPSA) is 105 Å². The molecule has 1 aliphatic rings. The van der Waals surface area contributed by atoms with Gasteiger partial charge in [0.2, 0.25) is 0 Å². The maximum Gasteiger partial charge on any atom is 0.330 e. The lowest BCUT2D eigenvalue weighted by atomic mass is 9.75. The number of rotatable bonds is 8. The van der Waals surface area contributed by atoms with Crippen molar-refractivity contribution in [2.75, 3.05) is 13.7 Å². The summed E-state index contributed by atoms with van der Waals surface area (Å²) < 4.78 is 59.7. The second kappa shape index (κ2) is 11.0. The number of carbonyl (C=O) groups is 3. The highest BCUT2D eigenvalue weighted by molar-refractivity contribution is 6.23. The molecule has 0 heterocycles. The summed E-state index contributed by atoms with van der Waals surface area (Å²) in [5.41, 5.74) is -1.79. The van der Waals surface area contributed by atoms with Gasteiger partial charge in [0, 0.05) is 24.6 Å². The molecule has 0 bridgehead atoms. The molecule has 0 aromatic heterocycles. The minimum atomic E-state index is -1.93. The van der Waals surface area contributed by atoms with Crippen molar-refractivity contribution in [2.45, 2.75) is 53.0 Å². The number of carbonyl (C=O) groups excluding carboxylic acids is 3. The van der Waals surface area contributed by atoms with E-state index in [9.17, 15) is 37.1 Å². The quantitative estimate of drug-likeness (QED) is 0.241. The lowest BCUT2D eigenvalue weighted by Crippen LogP contribution is -2.44. The van der Waals surface area contributed by atoms with E-state index in [4.69, 9.17) is 0 Å². The summed E-state index contributed by atoms with van der Waals surface area (Å²) in [7, 11) is 0.990. The molecule has 0 aliphatic heterocycles. The summed E-state index contributed by atoms with van der Waals surface area (Å²) in [6, 6.07) is -1.66. The van der Waals surface area contributed by atoms with Crippen molar-refractivity contribution in [1.82, 2.24) is 5.32 Å². The number of ether oxygens (including phenoxy) is 1. The Morgan fingerprint density at radius 3 is 2.20 bits per heavy atom. The minimum absolute atomic E-state index is 0.0126.